The molecule has 17 nitrogen and oxygen atoms in total. The van der Waals surface area contributed by atoms with Crippen molar-refractivity contribution >= 4 is 46.6 Å². The number of anilines is 1. The van der Waals surface area contributed by atoms with Crippen molar-refractivity contribution in [1.82, 2.24) is 45.4 Å². The lowest BCUT2D eigenvalue weighted by Gasteiger charge is -2.43. The van der Waals surface area contributed by atoms with E-state index >= 15 is 0 Å². The van der Waals surface area contributed by atoms with Gasteiger partial charge in [-0.2, -0.15) is 10.2 Å². The highest BCUT2D eigenvalue weighted by molar-refractivity contribution is 7.13. The van der Waals surface area contributed by atoms with Crippen LogP contribution in [-0.2, 0) is 38.6 Å². The molecule has 3 aliphatic carbocycles. The number of carbonyl (C=O) groups excluding carboxylic acids is 5. The first kappa shape index (κ1) is 49.0. The van der Waals surface area contributed by atoms with Gasteiger partial charge in [0.2, 0.25) is 11.8 Å². The molecule has 2 saturated carbocycles. The minimum Gasteiger partial charge on any atom is -0.483 e. The number of hydrogen-bond donors (Lipinski definition) is 5. The molecule has 5 aromatic rings. The van der Waals surface area contributed by atoms with Gasteiger partial charge in [0.25, 0.3) is 23.6 Å². The lowest BCUT2D eigenvalue weighted by molar-refractivity contribution is -0.145. The molecule has 5 amide bonds. The zero-order valence-electron chi connectivity index (χ0n) is 40.5. The fraction of sp³-hybridized carbons (Fsp3) is 0.490. The number of aliphatic hydroxyl groups excluding tert-OH is 1. The summed E-state index contributed by atoms with van der Waals surface area (Å²) in [6.45, 7) is 8.87. The Balaban J connectivity index is 0.795. The summed E-state index contributed by atoms with van der Waals surface area (Å²) in [5.41, 5.74) is 2.39. The molecule has 380 valence electrons. The van der Waals surface area contributed by atoms with Crippen LogP contribution < -0.4 is 20.7 Å². The predicted octanol–water partition coefficient (Wildman–Crippen LogP) is 5.40. The van der Waals surface area contributed by atoms with Crippen molar-refractivity contribution in [3.63, 3.8) is 0 Å². The van der Waals surface area contributed by atoms with Gasteiger partial charge in [-0.05, 0) is 48.8 Å². The van der Waals surface area contributed by atoms with Gasteiger partial charge in [-0.1, -0.05) is 70.2 Å². The number of halogens is 3. The average molecular weight is 1010 g/mol. The Morgan fingerprint density at radius 1 is 1.04 bits per heavy atom. The second kappa shape index (κ2) is 18.2. The molecule has 72 heavy (non-hydrogen) atoms. The van der Waals surface area contributed by atoms with Gasteiger partial charge in [-0.3, -0.25) is 33.8 Å². The van der Waals surface area contributed by atoms with Crippen molar-refractivity contribution in [2.75, 3.05) is 31.6 Å². The third kappa shape index (κ3) is 9.02. The van der Waals surface area contributed by atoms with Gasteiger partial charge >= 0.3 is 0 Å². The van der Waals surface area contributed by atoms with Crippen LogP contribution in [0.2, 0.25) is 0 Å². The Kier molecular flexibility index (Phi) is 12.4. The third-order valence-electron chi connectivity index (χ3n) is 15.2. The van der Waals surface area contributed by atoms with E-state index in [1.165, 1.54) is 22.4 Å². The fourth-order valence-corrected chi connectivity index (χ4v) is 11.4. The first-order valence-electron chi connectivity index (χ1n) is 24.2. The molecule has 4 fully saturated rings. The maximum Gasteiger partial charge on any atom is 0.276 e. The number of ether oxygens (including phenoxy) is 1. The number of hydrogen-bond acceptors (Lipinski definition) is 11. The number of nitrogens with one attached hydrogen (secondary N) is 4. The Hall–Kier alpha value is -6.61. The summed E-state index contributed by atoms with van der Waals surface area (Å²) in [5, 5.41) is 30.6. The SMILES string of the molecule is Cc1ncsc1-c1ccc(CNC(=O)[C@@H]2C[C@@H](O)CN2C(=O)[C@@H](NC(=O)C2(F)CC2)C(C)(C)C)c(OCC(=O)N2CC([C@@H](c3ccccc3)n3cc(NC(=O)c4n[nH]c5c4C[C@@H]4C(F)(F)[C@]4(C)C5)cn3)C2)c1. The molecule has 5 heterocycles. The predicted molar refractivity (Wildman–Crippen MR) is 258 cm³/mol. The third-order valence-corrected chi connectivity index (χ3v) is 16.2. The second-order valence-electron chi connectivity index (χ2n) is 21.3. The number of aliphatic hydroxyl groups is 1. The number of amides is 5. The summed E-state index contributed by atoms with van der Waals surface area (Å²) in [6, 6.07) is 12.6. The molecule has 3 aromatic heterocycles. The first-order chi connectivity index (χ1) is 34.1. The minimum atomic E-state index is -2.79. The van der Waals surface area contributed by atoms with Crippen molar-refractivity contribution in [3.05, 3.63) is 100 Å². The topological polar surface area (TPSA) is 217 Å². The number of likely N-dealkylation sites (tertiary alicyclic amines) is 2. The van der Waals surface area contributed by atoms with E-state index in [4.69, 9.17) is 4.74 Å². The normalized spacial score (nSPS) is 23.5. The number of H-pyrrole nitrogens is 1. The van der Waals surface area contributed by atoms with E-state index in [0.717, 1.165) is 21.7 Å². The number of carbonyl (C=O) groups is 5. The number of alkyl halides is 3. The second-order valence-corrected chi connectivity index (χ2v) is 22.2. The van der Waals surface area contributed by atoms with E-state index in [2.05, 4.69) is 36.2 Å². The molecular formula is C51H57F3N10O7S. The fourth-order valence-electron chi connectivity index (χ4n) is 10.6. The van der Waals surface area contributed by atoms with Crippen LogP contribution in [0.15, 0.2) is 66.4 Å². The molecule has 0 spiro atoms. The van der Waals surface area contributed by atoms with E-state index in [-0.39, 0.29) is 75.4 Å². The quantitative estimate of drug-likeness (QED) is 0.0901. The molecular weight excluding hydrogens is 954 g/mol. The average Bonchev–Trinajstić information content (AvgIpc) is 3.70. The lowest BCUT2D eigenvalue weighted by atomic mass is 9.85. The smallest absolute Gasteiger partial charge is 0.276 e. The molecule has 0 radical (unpaired) electrons. The molecule has 2 aromatic carbocycles. The number of thiazole rings is 1. The largest absolute Gasteiger partial charge is 0.483 e. The highest BCUT2D eigenvalue weighted by Gasteiger charge is 2.78. The summed E-state index contributed by atoms with van der Waals surface area (Å²) in [6.07, 6.45) is 2.51. The first-order valence-corrected chi connectivity index (χ1v) is 25.1. The van der Waals surface area contributed by atoms with Gasteiger partial charge in [-0.15, -0.1) is 11.3 Å². The Morgan fingerprint density at radius 3 is 2.49 bits per heavy atom. The standard InChI is InChI=1S/C51H57F3N10O7S/c1-27-42(72-26-56-27)29-11-12-30(19-55-44(67)36-16-33(65)24-63(36)46(69)43(48(2,3)4)59-47(70)50(52)13-14-50)37(15-29)71-25-39(66)62-21-31(22-62)41(28-9-7-6-8-10-28)64-23-32(20-57-64)58-45(68)40-34-17-38-49(5,51(38,53)54)18-35(34)60-61-40/h6-12,15,20,23,26,31,33,36,38,41,43,65H,13-14,16-19,21-22,24-25H2,1-5H3,(H,55,67)(H,58,68)(H,59,70)(H,60,61)/t33-,36+,38+,41-,43-,49-/m1/s1. The summed E-state index contributed by atoms with van der Waals surface area (Å²) in [4.78, 5) is 76.2. The van der Waals surface area contributed by atoms with Crippen molar-refractivity contribution in [3.8, 4) is 16.2 Å². The van der Waals surface area contributed by atoms with Crippen LogP contribution in [-0.4, -0.2) is 125 Å². The highest BCUT2D eigenvalue weighted by atomic mass is 32.1. The molecule has 5 aliphatic rings. The number of aromatic amines is 1. The van der Waals surface area contributed by atoms with Crippen LogP contribution in [0, 0.1) is 29.6 Å². The van der Waals surface area contributed by atoms with Crippen LogP contribution >= 0.6 is 11.3 Å². The van der Waals surface area contributed by atoms with Crippen molar-refractivity contribution in [1.29, 1.82) is 0 Å². The van der Waals surface area contributed by atoms with Crippen molar-refractivity contribution in [2.45, 2.75) is 109 Å². The van der Waals surface area contributed by atoms with Gasteiger partial charge in [-0.25, -0.2) is 18.2 Å². The van der Waals surface area contributed by atoms with Crippen LogP contribution in [0.25, 0.3) is 10.4 Å². The maximum atomic E-state index is 14.7. The van der Waals surface area contributed by atoms with E-state index in [0.29, 0.717) is 41.3 Å². The minimum absolute atomic E-state index is 0.0439. The molecule has 21 heteroatoms. The van der Waals surface area contributed by atoms with Gasteiger partial charge < -0.3 is 35.6 Å². The molecule has 0 unspecified atom stereocenters. The summed E-state index contributed by atoms with van der Waals surface area (Å²) >= 11 is 1.44. The monoisotopic (exact) mass is 1010 g/mol. The number of fused-ring (bicyclic) bond motifs is 2. The summed E-state index contributed by atoms with van der Waals surface area (Å²) < 4.78 is 51.9. The van der Waals surface area contributed by atoms with Crippen LogP contribution in [0.5, 0.6) is 5.75 Å². The Morgan fingerprint density at radius 2 is 1.79 bits per heavy atom. The Labute approximate surface area is 417 Å². The molecule has 10 rings (SSSR count). The molecule has 2 saturated heterocycles. The van der Waals surface area contributed by atoms with E-state index < -0.39 is 70.2 Å². The summed E-state index contributed by atoms with van der Waals surface area (Å²) in [7, 11) is 0. The molecule has 0 bridgehead atoms. The van der Waals surface area contributed by atoms with Crippen molar-refractivity contribution < 1.29 is 47.0 Å². The van der Waals surface area contributed by atoms with Gasteiger partial charge in [0.05, 0.1) is 40.1 Å². The number of rotatable bonds is 15. The van der Waals surface area contributed by atoms with E-state index in [9.17, 15) is 42.3 Å². The van der Waals surface area contributed by atoms with E-state index in [1.807, 2.05) is 43.3 Å². The summed E-state index contributed by atoms with van der Waals surface area (Å²) in [5.74, 6) is -6.17. The van der Waals surface area contributed by atoms with Crippen LogP contribution in [0.1, 0.15) is 91.6 Å². The molecule has 5 N–H and O–H groups in total. The molecule has 2 aliphatic heterocycles. The van der Waals surface area contributed by atoms with Crippen LogP contribution in [0.4, 0.5) is 18.9 Å². The zero-order valence-corrected chi connectivity index (χ0v) is 41.3. The number of benzene rings is 2. The number of aryl methyl sites for hydroxylation is 1. The van der Waals surface area contributed by atoms with Crippen molar-refractivity contribution in [2.24, 2.45) is 22.7 Å². The van der Waals surface area contributed by atoms with Gasteiger partial charge in [0.15, 0.2) is 18.0 Å². The van der Waals surface area contributed by atoms with Crippen LogP contribution in [0.3, 0.4) is 0 Å². The van der Waals surface area contributed by atoms with Gasteiger partial charge in [0, 0.05) is 79.3 Å². The molecule has 6 atom stereocenters. The maximum absolute atomic E-state index is 14.7. The Bertz CT molecular complexity index is 2940. The van der Waals surface area contributed by atoms with E-state index in [1.54, 1.807) is 61.1 Å². The zero-order chi connectivity index (χ0) is 51.1. The number of aromatic nitrogens is 5. The lowest BCUT2D eigenvalue weighted by Crippen LogP contribution is -2.59. The number of nitrogens with zero attached hydrogens (tertiary/aromatic N) is 6. The highest BCUT2D eigenvalue weighted by Crippen LogP contribution is 2.70. The van der Waals surface area contributed by atoms with Gasteiger partial charge in [0.1, 0.15) is 17.8 Å². The number of β-amino-alcohol motifs (C(OH)–C–C–N with tert-alkyl or cyclic N) is 1.